The predicted octanol–water partition coefficient (Wildman–Crippen LogP) is 3.26. The first kappa shape index (κ1) is 13.0. The van der Waals surface area contributed by atoms with E-state index >= 15 is 0 Å². The highest BCUT2D eigenvalue weighted by atomic mass is 19.4. The van der Waals surface area contributed by atoms with Crippen molar-refractivity contribution in [3.63, 3.8) is 0 Å². The molecule has 16 heavy (non-hydrogen) atoms. The lowest BCUT2D eigenvalue weighted by Gasteiger charge is -2.18. The summed E-state index contributed by atoms with van der Waals surface area (Å²) >= 11 is 0. The van der Waals surface area contributed by atoms with Crippen molar-refractivity contribution in [1.82, 2.24) is 0 Å². The first-order chi connectivity index (χ1) is 7.32. The zero-order chi connectivity index (χ0) is 12.3. The quantitative estimate of drug-likeness (QED) is 0.848. The van der Waals surface area contributed by atoms with Gasteiger partial charge >= 0.3 is 6.18 Å². The summed E-state index contributed by atoms with van der Waals surface area (Å²) in [5.41, 5.74) is -0.508. The number of aliphatic hydroxyl groups excluding tert-OH is 1. The average molecular weight is 232 g/mol. The highest BCUT2D eigenvalue weighted by Gasteiger charge is 2.33. The molecule has 1 aromatic rings. The van der Waals surface area contributed by atoms with Crippen LogP contribution < -0.4 is 0 Å². The molecule has 1 nitrogen and oxygen atoms in total. The van der Waals surface area contributed by atoms with Crippen molar-refractivity contribution in [1.29, 1.82) is 0 Å². The molecule has 0 aliphatic rings. The van der Waals surface area contributed by atoms with Crippen molar-refractivity contribution >= 4 is 0 Å². The molecule has 0 amide bonds. The number of halogens is 3. The van der Waals surface area contributed by atoms with Gasteiger partial charge in [0.25, 0.3) is 0 Å². The SMILES string of the molecule is CC(C)C(O)Cc1ccccc1C(F)(F)F. The second-order valence-electron chi connectivity index (χ2n) is 4.17. The van der Waals surface area contributed by atoms with Crippen molar-refractivity contribution in [2.24, 2.45) is 5.92 Å². The number of alkyl halides is 3. The zero-order valence-electron chi connectivity index (χ0n) is 9.25. The van der Waals surface area contributed by atoms with Crippen molar-refractivity contribution in [3.8, 4) is 0 Å². The van der Waals surface area contributed by atoms with Crippen LogP contribution in [0.2, 0.25) is 0 Å². The lowest BCUT2D eigenvalue weighted by Crippen LogP contribution is -2.20. The largest absolute Gasteiger partial charge is 0.416 e. The van der Waals surface area contributed by atoms with E-state index in [0.717, 1.165) is 6.07 Å². The van der Waals surface area contributed by atoms with Crippen LogP contribution in [-0.2, 0) is 12.6 Å². The molecule has 1 N–H and O–H groups in total. The maximum Gasteiger partial charge on any atom is 0.416 e. The van der Waals surface area contributed by atoms with Gasteiger partial charge in [0.05, 0.1) is 11.7 Å². The van der Waals surface area contributed by atoms with Gasteiger partial charge in [0.15, 0.2) is 0 Å². The lowest BCUT2D eigenvalue weighted by molar-refractivity contribution is -0.138. The Hall–Kier alpha value is -1.03. The zero-order valence-corrected chi connectivity index (χ0v) is 9.25. The van der Waals surface area contributed by atoms with Gasteiger partial charge in [-0.05, 0) is 24.0 Å². The summed E-state index contributed by atoms with van der Waals surface area (Å²) < 4.78 is 37.9. The molecule has 0 fully saturated rings. The summed E-state index contributed by atoms with van der Waals surface area (Å²) in [7, 11) is 0. The van der Waals surface area contributed by atoms with Crippen molar-refractivity contribution in [2.75, 3.05) is 0 Å². The number of rotatable bonds is 3. The summed E-state index contributed by atoms with van der Waals surface area (Å²) in [4.78, 5) is 0. The van der Waals surface area contributed by atoms with E-state index in [1.54, 1.807) is 19.9 Å². The van der Waals surface area contributed by atoms with Gasteiger partial charge in [-0.2, -0.15) is 13.2 Å². The van der Waals surface area contributed by atoms with Gasteiger partial charge in [0.1, 0.15) is 0 Å². The molecular formula is C12H15F3O. The minimum absolute atomic E-state index is 0.0351. The topological polar surface area (TPSA) is 20.2 Å². The lowest BCUT2D eigenvalue weighted by atomic mass is 9.96. The normalized spacial score (nSPS) is 14.2. The molecule has 0 aliphatic carbocycles. The third-order valence-corrected chi connectivity index (χ3v) is 2.52. The van der Waals surface area contributed by atoms with Crippen molar-refractivity contribution in [2.45, 2.75) is 32.5 Å². The molecule has 0 saturated carbocycles. The van der Waals surface area contributed by atoms with E-state index in [9.17, 15) is 18.3 Å². The number of hydrogen-bond acceptors (Lipinski definition) is 1. The highest BCUT2D eigenvalue weighted by molar-refractivity contribution is 5.30. The Labute approximate surface area is 92.9 Å². The van der Waals surface area contributed by atoms with E-state index in [1.807, 2.05) is 0 Å². The summed E-state index contributed by atoms with van der Waals surface area (Å²) in [5, 5.41) is 9.60. The highest BCUT2D eigenvalue weighted by Crippen LogP contribution is 2.32. The molecule has 0 aromatic heterocycles. The van der Waals surface area contributed by atoms with Crippen LogP contribution in [0.15, 0.2) is 24.3 Å². The van der Waals surface area contributed by atoms with Crippen LogP contribution in [0.4, 0.5) is 13.2 Å². The van der Waals surface area contributed by atoms with Crippen LogP contribution in [0.3, 0.4) is 0 Å². The number of benzene rings is 1. The molecule has 1 unspecified atom stereocenters. The van der Waals surface area contributed by atoms with Crippen molar-refractivity contribution in [3.05, 3.63) is 35.4 Å². The first-order valence-electron chi connectivity index (χ1n) is 5.15. The third-order valence-electron chi connectivity index (χ3n) is 2.52. The molecule has 0 radical (unpaired) electrons. The fraction of sp³-hybridized carbons (Fsp3) is 0.500. The van der Waals surface area contributed by atoms with E-state index in [2.05, 4.69) is 0 Å². The van der Waals surface area contributed by atoms with Crippen LogP contribution in [0, 0.1) is 5.92 Å². The molecule has 4 heteroatoms. The van der Waals surface area contributed by atoms with E-state index in [1.165, 1.54) is 12.1 Å². The van der Waals surface area contributed by atoms with Gasteiger partial charge in [-0.3, -0.25) is 0 Å². The molecule has 1 rings (SSSR count). The second-order valence-corrected chi connectivity index (χ2v) is 4.17. The molecule has 1 atom stereocenters. The molecule has 0 spiro atoms. The maximum atomic E-state index is 12.6. The van der Waals surface area contributed by atoms with Crippen LogP contribution in [0.25, 0.3) is 0 Å². The molecule has 0 heterocycles. The van der Waals surface area contributed by atoms with Gasteiger partial charge in [0.2, 0.25) is 0 Å². The molecule has 0 saturated heterocycles. The maximum absolute atomic E-state index is 12.6. The van der Waals surface area contributed by atoms with Crippen molar-refractivity contribution < 1.29 is 18.3 Å². The fourth-order valence-electron chi connectivity index (χ4n) is 1.44. The van der Waals surface area contributed by atoms with Crippen LogP contribution in [0.1, 0.15) is 25.0 Å². The van der Waals surface area contributed by atoms with Gasteiger partial charge in [-0.25, -0.2) is 0 Å². The molecule has 1 aromatic carbocycles. The molecule has 0 bridgehead atoms. The Morgan fingerprint density at radius 1 is 1.19 bits per heavy atom. The Morgan fingerprint density at radius 2 is 1.75 bits per heavy atom. The minimum atomic E-state index is -4.35. The Morgan fingerprint density at radius 3 is 2.25 bits per heavy atom. The fourth-order valence-corrected chi connectivity index (χ4v) is 1.44. The van der Waals surface area contributed by atoms with Gasteiger partial charge in [-0.15, -0.1) is 0 Å². The molecule has 0 aliphatic heterocycles. The Balaban J connectivity index is 2.96. The Bertz CT molecular complexity index is 344. The van der Waals surface area contributed by atoms with E-state index in [-0.39, 0.29) is 17.9 Å². The van der Waals surface area contributed by atoms with E-state index in [4.69, 9.17) is 0 Å². The molecule has 90 valence electrons. The predicted molar refractivity (Wildman–Crippen MR) is 56.0 cm³/mol. The molecular weight excluding hydrogens is 217 g/mol. The third kappa shape index (κ3) is 3.23. The first-order valence-corrected chi connectivity index (χ1v) is 5.15. The van der Waals surface area contributed by atoms with E-state index in [0.29, 0.717) is 0 Å². The number of aliphatic hydroxyl groups is 1. The summed E-state index contributed by atoms with van der Waals surface area (Å²) in [6.45, 7) is 3.56. The van der Waals surface area contributed by atoms with Gasteiger partial charge in [0, 0.05) is 0 Å². The smallest absolute Gasteiger partial charge is 0.393 e. The summed E-state index contributed by atoms with van der Waals surface area (Å²) in [6, 6.07) is 5.36. The second kappa shape index (κ2) is 4.87. The van der Waals surface area contributed by atoms with Crippen LogP contribution >= 0.6 is 0 Å². The average Bonchev–Trinajstić information content (AvgIpc) is 2.16. The van der Waals surface area contributed by atoms with Gasteiger partial charge in [-0.1, -0.05) is 32.0 Å². The van der Waals surface area contributed by atoms with Gasteiger partial charge < -0.3 is 5.11 Å². The Kier molecular flexibility index (Phi) is 3.97. The minimum Gasteiger partial charge on any atom is -0.393 e. The van der Waals surface area contributed by atoms with E-state index < -0.39 is 17.8 Å². The van der Waals surface area contributed by atoms with Crippen LogP contribution in [0.5, 0.6) is 0 Å². The standard InChI is InChI=1S/C12H15F3O/c1-8(2)11(16)7-9-5-3-4-6-10(9)12(13,14)15/h3-6,8,11,16H,7H2,1-2H3. The monoisotopic (exact) mass is 232 g/mol. The van der Waals surface area contributed by atoms with Crippen LogP contribution in [-0.4, -0.2) is 11.2 Å². The summed E-state index contributed by atoms with van der Waals surface area (Å²) in [6.07, 6.45) is -5.07. The summed E-state index contributed by atoms with van der Waals surface area (Å²) in [5.74, 6) is -0.0544. The number of hydrogen-bond donors (Lipinski definition) is 1.